The second-order valence-electron chi connectivity index (χ2n) is 7.72. The number of ketones is 1. The van der Waals surface area contributed by atoms with E-state index in [0.717, 1.165) is 22.6 Å². The van der Waals surface area contributed by atoms with Crippen LogP contribution in [0, 0.1) is 19.7 Å². The third-order valence-electron chi connectivity index (χ3n) is 5.33. The van der Waals surface area contributed by atoms with Gasteiger partial charge >= 0.3 is 0 Å². The predicted octanol–water partition coefficient (Wildman–Crippen LogP) is 5.01. The molecule has 5 nitrogen and oxygen atoms in total. The lowest BCUT2D eigenvalue weighted by atomic mass is 10.0. The van der Waals surface area contributed by atoms with Crippen LogP contribution in [0.5, 0.6) is 0 Å². The van der Waals surface area contributed by atoms with Crippen LogP contribution in [0.25, 0.3) is 5.69 Å². The minimum absolute atomic E-state index is 0.0114. The molecule has 0 saturated carbocycles. The summed E-state index contributed by atoms with van der Waals surface area (Å²) < 4.78 is 15.4. The van der Waals surface area contributed by atoms with Crippen molar-refractivity contribution in [1.82, 2.24) is 19.7 Å². The Bertz CT molecular complexity index is 1050. The number of thioether (sulfide) groups is 1. The molecule has 2 atom stereocenters. The van der Waals surface area contributed by atoms with Gasteiger partial charge in [-0.1, -0.05) is 23.9 Å². The minimum atomic E-state index is -0.349. The molecule has 0 aliphatic rings. The molecule has 0 saturated heterocycles. The first-order valence-electron chi connectivity index (χ1n) is 9.85. The first kappa shape index (κ1) is 22.2. The van der Waals surface area contributed by atoms with Gasteiger partial charge < -0.3 is 0 Å². The maximum Gasteiger partial charge on any atom is 0.196 e. The van der Waals surface area contributed by atoms with Crippen molar-refractivity contribution >= 4 is 17.5 Å². The van der Waals surface area contributed by atoms with Crippen molar-refractivity contribution in [3.8, 4) is 5.69 Å². The van der Waals surface area contributed by atoms with Crippen molar-refractivity contribution in [2.75, 3.05) is 14.1 Å². The molecule has 0 unspecified atom stereocenters. The number of hydrogen-bond acceptors (Lipinski definition) is 5. The lowest BCUT2D eigenvalue weighted by Crippen LogP contribution is -2.21. The monoisotopic (exact) mass is 426 g/mol. The summed E-state index contributed by atoms with van der Waals surface area (Å²) in [5.41, 5.74) is 3.70. The van der Waals surface area contributed by atoms with Crippen LogP contribution in [-0.4, -0.2) is 44.8 Å². The average Bonchev–Trinajstić information content (AvgIpc) is 3.12. The number of nitrogens with zero attached hydrogens (tertiary/aromatic N) is 4. The largest absolute Gasteiger partial charge is 0.300 e. The van der Waals surface area contributed by atoms with Crippen molar-refractivity contribution in [3.63, 3.8) is 0 Å². The number of halogens is 1. The molecule has 7 heteroatoms. The second kappa shape index (κ2) is 9.10. The fourth-order valence-electron chi connectivity index (χ4n) is 3.03. The lowest BCUT2D eigenvalue weighted by Gasteiger charge is -2.21. The van der Waals surface area contributed by atoms with Crippen molar-refractivity contribution < 1.29 is 9.18 Å². The Hall–Kier alpha value is -2.51. The smallest absolute Gasteiger partial charge is 0.196 e. The number of benzene rings is 2. The number of rotatable bonds is 7. The number of aromatic nitrogens is 3. The third kappa shape index (κ3) is 4.63. The predicted molar refractivity (Wildman–Crippen MR) is 119 cm³/mol. The second-order valence-corrected chi connectivity index (χ2v) is 9.02. The average molecular weight is 427 g/mol. The van der Waals surface area contributed by atoms with Crippen LogP contribution in [0.15, 0.2) is 47.6 Å². The zero-order chi connectivity index (χ0) is 22.0. The molecule has 30 heavy (non-hydrogen) atoms. The molecule has 0 bridgehead atoms. The van der Waals surface area contributed by atoms with Gasteiger partial charge in [0.15, 0.2) is 16.8 Å². The normalized spacial score (nSPS) is 13.5. The summed E-state index contributed by atoms with van der Waals surface area (Å²) >= 11 is 1.36. The molecule has 1 aromatic heterocycles. The van der Waals surface area contributed by atoms with E-state index in [2.05, 4.69) is 10.2 Å². The van der Waals surface area contributed by atoms with Gasteiger partial charge in [-0.05, 0) is 83.2 Å². The number of Topliss-reactive ketones (excluding diaryl/α,β-unsaturated/α-hetero) is 1. The summed E-state index contributed by atoms with van der Waals surface area (Å²) in [7, 11) is 3.93. The van der Waals surface area contributed by atoms with Gasteiger partial charge in [0.25, 0.3) is 0 Å². The van der Waals surface area contributed by atoms with Gasteiger partial charge in [0.05, 0.1) is 11.3 Å². The number of hydrogen-bond donors (Lipinski definition) is 0. The Labute approximate surface area is 181 Å². The van der Waals surface area contributed by atoms with Gasteiger partial charge in [0, 0.05) is 11.3 Å². The topological polar surface area (TPSA) is 51.0 Å². The van der Waals surface area contributed by atoms with Crippen LogP contribution in [0.3, 0.4) is 0 Å². The molecule has 0 spiro atoms. The Morgan fingerprint density at radius 3 is 2.30 bits per heavy atom. The molecule has 0 aliphatic heterocycles. The minimum Gasteiger partial charge on any atom is -0.300 e. The zero-order valence-corrected chi connectivity index (χ0v) is 19.0. The summed E-state index contributed by atoms with van der Waals surface area (Å²) in [5, 5.41) is 9.02. The SMILES string of the molecule is Cc1ccc(C(=O)[C@H](C)Sc2nnc([C@H](C)N(C)C)n2-c2ccc(F)cc2)cc1C. The Morgan fingerprint density at radius 2 is 1.70 bits per heavy atom. The molecule has 158 valence electrons. The van der Waals surface area contributed by atoms with E-state index in [1.807, 2.05) is 69.5 Å². The van der Waals surface area contributed by atoms with Gasteiger partial charge in [-0.25, -0.2) is 4.39 Å². The van der Waals surface area contributed by atoms with Crippen molar-refractivity contribution in [2.24, 2.45) is 0 Å². The van der Waals surface area contributed by atoms with Gasteiger partial charge in [-0.2, -0.15) is 0 Å². The van der Waals surface area contributed by atoms with Gasteiger partial charge in [-0.3, -0.25) is 14.3 Å². The quantitative estimate of drug-likeness (QED) is 0.393. The summed E-state index contributed by atoms with van der Waals surface area (Å²) in [6, 6.07) is 12.0. The molecule has 0 fully saturated rings. The van der Waals surface area contributed by atoms with Crippen molar-refractivity contribution in [1.29, 1.82) is 0 Å². The molecule has 0 amide bonds. The maximum atomic E-state index is 13.5. The third-order valence-corrected chi connectivity index (χ3v) is 6.38. The van der Waals surface area contributed by atoms with Crippen LogP contribution in [0.1, 0.15) is 47.2 Å². The van der Waals surface area contributed by atoms with E-state index in [9.17, 15) is 9.18 Å². The van der Waals surface area contributed by atoms with Crippen LogP contribution in [0.4, 0.5) is 4.39 Å². The molecule has 3 aromatic rings. The molecule has 1 heterocycles. The fourth-order valence-corrected chi connectivity index (χ4v) is 3.98. The molecule has 0 aliphatic carbocycles. The molecule has 2 aromatic carbocycles. The molecule has 3 rings (SSSR count). The van der Waals surface area contributed by atoms with Crippen molar-refractivity contribution in [2.45, 2.75) is 44.1 Å². The number of aryl methyl sites for hydroxylation is 2. The Morgan fingerprint density at radius 1 is 1.03 bits per heavy atom. The highest BCUT2D eigenvalue weighted by Crippen LogP contribution is 2.30. The van der Waals surface area contributed by atoms with Gasteiger partial charge in [0.2, 0.25) is 0 Å². The van der Waals surface area contributed by atoms with E-state index < -0.39 is 0 Å². The van der Waals surface area contributed by atoms with E-state index in [4.69, 9.17) is 0 Å². The molecule has 0 N–H and O–H groups in total. The summed E-state index contributed by atoms with van der Waals surface area (Å²) in [4.78, 5) is 15.0. The summed E-state index contributed by atoms with van der Waals surface area (Å²) in [5.74, 6) is 0.473. The van der Waals surface area contributed by atoms with Crippen LogP contribution in [-0.2, 0) is 0 Å². The van der Waals surface area contributed by atoms with Crippen LogP contribution in [0.2, 0.25) is 0 Å². The van der Waals surface area contributed by atoms with E-state index in [1.54, 1.807) is 12.1 Å². The maximum absolute atomic E-state index is 13.5. The standard InChI is InChI=1S/C23H27FN4OS/c1-14-7-8-18(13-15(14)2)21(29)17(4)30-23-26-25-22(16(3)27(5)6)28(23)20-11-9-19(24)10-12-20/h7-13,16-17H,1-6H3/t16-,17-/m0/s1. The fraction of sp³-hybridized carbons (Fsp3) is 0.348. The van der Waals surface area contributed by atoms with E-state index in [1.165, 1.54) is 23.9 Å². The highest BCUT2D eigenvalue weighted by molar-refractivity contribution is 8.00. The first-order chi connectivity index (χ1) is 14.2. The lowest BCUT2D eigenvalue weighted by molar-refractivity contribution is 0.0993. The Balaban J connectivity index is 1.95. The van der Waals surface area contributed by atoms with Crippen LogP contribution >= 0.6 is 11.8 Å². The van der Waals surface area contributed by atoms with E-state index >= 15 is 0 Å². The van der Waals surface area contributed by atoms with Crippen LogP contribution < -0.4 is 0 Å². The van der Waals surface area contributed by atoms with Gasteiger partial charge in [-0.15, -0.1) is 10.2 Å². The Kier molecular flexibility index (Phi) is 6.73. The van der Waals surface area contributed by atoms with Crippen molar-refractivity contribution in [3.05, 3.63) is 70.8 Å². The molecular weight excluding hydrogens is 399 g/mol. The first-order valence-corrected chi connectivity index (χ1v) is 10.7. The summed E-state index contributed by atoms with van der Waals surface area (Å²) in [6.07, 6.45) is 0. The number of carbonyl (C=O) groups excluding carboxylic acids is 1. The van der Waals surface area contributed by atoms with E-state index in [0.29, 0.717) is 10.7 Å². The highest BCUT2D eigenvalue weighted by Gasteiger charge is 2.25. The molecule has 0 radical (unpaired) electrons. The zero-order valence-electron chi connectivity index (χ0n) is 18.2. The highest BCUT2D eigenvalue weighted by atomic mass is 32.2. The van der Waals surface area contributed by atoms with E-state index in [-0.39, 0.29) is 22.9 Å². The number of carbonyl (C=O) groups is 1. The van der Waals surface area contributed by atoms with Gasteiger partial charge in [0.1, 0.15) is 5.82 Å². The molecular formula is C23H27FN4OS. The summed E-state index contributed by atoms with van der Waals surface area (Å²) in [6.45, 7) is 7.94.